The molecule has 1 N–H and O–H groups in total. The van der Waals surface area contributed by atoms with E-state index in [0.717, 1.165) is 15.6 Å². The van der Waals surface area contributed by atoms with E-state index in [-0.39, 0.29) is 5.88 Å². The van der Waals surface area contributed by atoms with Gasteiger partial charge in [0.1, 0.15) is 0 Å². The van der Waals surface area contributed by atoms with E-state index in [0.29, 0.717) is 21.3 Å². The highest BCUT2D eigenvalue weighted by atomic mass is 35.5. The minimum Gasteiger partial charge on any atom is -0.286 e. The highest BCUT2D eigenvalue weighted by Crippen LogP contribution is 2.26. The van der Waals surface area contributed by atoms with Crippen molar-refractivity contribution < 1.29 is 5.21 Å². The van der Waals surface area contributed by atoms with Gasteiger partial charge in [0.2, 0.25) is 0 Å². The maximum atomic E-state index is 10.5. The van der Waals surface area contributed by atoms with Crippen LogP contribution in [0.4, 0.5) is 0 Å². The fourth-order valence-electron chi connectivity index (χ4n) is 2.32. The van der Waals surface area contributed by atoms with Gasteiger partial charge in [0, 0.05) is 20.8 Å². The molecule has 3 nitrogen and oxygen atoms in total. The first kappa shape index (κ1) is 14.7. The Morgan fingerprint density at radius 3 is 2.62 bits per heavy atom. The summed E-state index contributed by atoms with van der Waals surface area (Å²) in [5.74, 6) is 0.159. The molecule has 0 saturated heterocycles. The van der Waals surface area contributed by atoms with Crippen molar-refractivity contribution in [3.05, 3.63) is 68.6 Å². The number of hydrogen-bond donors (Lipinski definition) is 1. The average Bonchev–Trinajstić information content (AvgIpc) is 2.48. The normalized spacial score (nSPS) is 17.4. The van der Waals surface area contributed by atoms with Gasteiger partial charge in [-0.05, 0) is 24.3 Å². The molecule has 3 rings (SSSR count). The number of hydrogen-bond acceptors (Lipinski definition) is 3. The molecule has 21 heavy (non-hydrogen) atoms. The highest BCUT2D eigenvalue weighted by Gasteiger charge is 2.24. The quantitative estimate of drug-likeness (QED) is 0.852. The second-order valence-electron chi connectivity index (χ2n) is 4.60. The number of fused-ring (bicyclic) bond motifs is 1. The van der Waals surface area contributed by atoms with E-state index < -0.39 is 6.17 Å². The summed E-state index contributed by atoms with van der Waals surface area (Å²) in [5, 5.41) is 14.1. The topological polar surface area (TPSA) is 35.8 Å². The molecule has 6 heteroatoms. The summed E-state index contributed by atoms with van der Waals surface area (Å²) < 4.78 is 0. The summed E-state index contributed by atoms with van der Waals surface area (Å²) in [5.41, 5.74) is 1.26. The van der Waals surface area contributed by atoms with E-state index in [2.05, 4.69) is 4.99 Å². The van der Waals surface area contributed by atoms with Crippen LogP contribution in [0.15, 0.2) is 47.5 Å². The zero-order valence-corrected chi connectivity index (χ0v) is 13.1. The standard InChI is InChI=1S/C15H11Cl3N2O/c16-8-14-19-13-6-5-9(17)7-11(13)15(20(14)21)10-3-1-2-4-12(10)18/h1-7,14,21H,8H2. The maximum absolute atomic E-state index is 10.5. The van der Waals surface area contributed by atoms with Crippen molar-refractivity contribution in [2.45, 2.75) is 6.17 Å². The molecule has 0 fully saturated rings. The SMILES string of the molecule is ON1C(c2ccccc2Cl)=c2cc(Cl)ccc2=NC1CCl. The van der Waals surface area contributed by atoms with Crippen LogP contribution in [0, 0.1) is 0 Å². The summed E-state index contributed by atoms with van der Waals surface area (Å²) in [6, 6.07) is 12.6. The second-order valence-corrected chi connectivity index (χ2v) is 5.75. The van der Waals surface area contributed by atoms with Crippen LogP contribution in [0.5, 0.6) is 0 Å². The summed E-state index contributed by atoms with van der Waals surface area (Å²) in [6.07, 6.45) is -0.563. The van der Waals surface area contributed by atoms with Crippen molar-refractivity contribution in [2.75, 3.05) is 5.88 Å². The average molecular weight is 342 g/mol. The highest BCUT2D eigenvalue weighted by molar-refractivity contribution is 6.32. The van der Waals surface area contributed by atoms with E-state index >= 15 is 0 Å². The number of alkyl halides is 1. The monoisotopic (exact) mass is 340 g/mol. The third-order valence-electron chi connectivity index (χ3n) is 3.28. The van der Waals surface area contributed by atoms with Gasteiger partial charge < -0.3 is 0 Å². The molecule has 0 aromatic heterocycles. The predicted octanol–water partition coefficient (Wildman–Crippen LogP) is 3.04. The molecule has 2 aromatic carbocycles. The summed E-state index contributed by atoms with van der Waals surface area (Å²) in [6.45, 7) is 0. The van der Waals surface area contributed by atoms with Crippen molar-refractivity contribution in [3.63, 3.8) is 0 Å². The van der Waals surface area contributed by atoms with Crippen molar-refractivity contribution in [3.8, 4) is 0 Å². The molecule has 0 aliphatic carbocycles. The molecule has 2 aromatic rings. The number of nitrogens with zero attached hydrogens (tertiary/aromatic N) is 2. The van der Waals surface area contributed by atoms with Gasteiger partial charge in [-0.3, -0.25) is 10.2 Å². The molecule has 1 heterocycles. The lowest BCUT2D eigenvalue weighted by Gasteiger charge is -2.29. The summed E-state index contributed by atoms with van der Waals surface area (Å²) in [4.78, 5) is 4.41. The van der Waals surface area contributed by atoms with Crippen LogP contribution >= 0.6 is 34.8 Å². The Hall–Kier alpha value is -1.26. The third kappa shape index (κ3) is 2.62. The Morgan fingerprint density at radius 1 is 1.14 bits per heavy atom. The van der Waals surface area contributed by atoms with Gasteiger partial charge in [0.25, 0.3) is 0 Å². The summed E-state index contributed by atoms with van der Waals surface area (Å²) in [7, 11) is 0. The predicted molar refractivity (Wildman–Crippen MR) is 84.3 cm³/mol. The van der Waals surface area contributed by atoms with Crippen LogP contribution in [-0.2, 0) is 0 Å². The Morgan fingerprint density at radius 2 is 1.90 bits per heavy atom. The van der Waals surface area contributed by atoms with Crippen molar-refractivity contribution in [2.24, 2.45) is 4.99 Å². The number of rotatable bonds is 2. The van der Waals surface area contributed by atoms with Gasteiger partial charge in [-0.2, -0.15) is 0 Å². The zero-order chi connectivity index (χ0) is 15.0. The lowest BCUT2D eigenvalue weighted by Crippen LogP contribution is -2.45. The molecule has 0 bridgehead atoms. The fraction of sp³-hybridized carbons (Fsp3) is 0.133. The van der Waals surface area contributed by atoms with Crippen LogP contribution in [0.2, 0.25) is 10.0 Å². The Bertz CT molecular complexity index is 807. The Labute approximate surface area is 136 Å². The molecule has 0 saturated carbocycles. The lowest BCUT2D eigenvalue weighted by atomic mass is 10.1. The van der Waals surface area contributed by atoms with E-state index in [1.54, 1.807) is 24.3 Å². The summed E-state index contributed by atoms with van der Waals surface area (Å²) >= 11 is 18.2. The van der Waals surface area contributed by atoms with Crippen LogP contribution in [0.1, 0.15) is 5.56 Å². The van der Waals surface area contributed by atoms with Crippen LogP contribution in [-0.4, -0.2) is 22.3 Å². The second kappa shape index (κ2) is 5.85. The fourth-order valence-corrected chi connectivity index (χ4v) is 2.92. The van der Waals surface area contributed by atoms with E-state index in [9.17, 15) is 5.21 Å². The van der Waals surface area contributed by atoms with E-state index in [1.807, 2.05) is 18.2 Å². The van der Waals surface area contributed by atoms with E-state index in [1.165, 1.54) is 0 Å². The Balaban J connectivity index is 2.40. The minimum atomic E-state index is -0.563. The van der Waals surface area contributed by atoms with Gasteiger partial charge in [-0.25, -0.2) is 5.06 Å². The number of halogens is 3. The van der Waals surface area contributed by atoms with Crippen molar-refractivity contribution in [1.29, 1.82) is 0 Å². The van der Waals surface area contributed by atoms with Crippen LogP contribution in [0.25, 0.3) is 5.70 Å². The lowest BCUT2D eigenvalue weighted by molar-refractivity contribution is -0.0601. The molecule has 108 valence electrons. The molecule has 0 amide bonds. The molecular formula is C15H11Cl3N2O. The smallest absolute Gasteiger partial charge is 0.160 e. The van der Waals surface area contributed by atoms with Gasteiger partial charge in [0.15, 0.2) is 6.17 Å². The van der Waals surface area contributed by atoms with Gasteiger partial charge in [-0.15, -0.1) is 11.6 Å². The number of benzene rings is 2. The van der Waals surface area contributed by atoms with Gasteiger partial charge in [-0.1, -0.05) is 41.4 Å². The van der Waals surface area contributed by atoms with E-state index in [4.69, 9.17) is 34.8 Å². The molecule has 1 aliphatic rings. The Kier molecular flexibility index (Phi) is 4.09. The largest absolute Gasteiger partial charge is 0.286 e. The molecular weight excluding hydrogens is 331 g/mol. The molecule has 1 aliphatic heterocycles. The van der Waals surface area contributed by atoms with Gasteiger partial charge in [0.05, 0.1) is 16.9 Å². The molecule has 1 unspecified atom stereocenters. The van der Waals surface area contributed by atoms with Crippen molar-refractivity contribution in [1.82, 2.24) is 5.06 Å². The minimum absolute atomic E-state index is 0.159. The van der Waals surface area contributed by atoms with Crippen molar-refractivity contribution >= 4 is 40.5 Å². The number of hydroxylamine groups is 2. The first-order valence-corrected chi connectivity index (χ1v) is 7.57. The molecule has 1 atom stereocenters. The first-order valence-electron chi connectivity index (χ1n) is 6.28. The maximum Gasteiger partial charge on any atom is 0.160 e. The van der Waals surface area contributed by atoms with Crippen LogP contribution < -0.4 is 10.6 Å². The van der Waals surface area contributed by atoms with Gasteiger partial charge >= 0.3 is 0 Å². The zero-order valence-electron chi connectivity index (χ0n) is 10.8. The molecule has 0 spiro atoms. The van der Waals surface area contributed by atoms with Crippen LogP contribution in [0.3, 0.4) is 0 Å². The first-order chi connectivity index (χ1) is 10.1. The third-order valence-corrected chi connectivity index (χ3v) is 4.12. The molecule has 0 radical (unpaired) electrons.